The number of aromatic amines is 1. The number of hydrogen-bond acceptors (Lipinski definition) is 7. The zero-order chi connectivity index (χ0) is 24.7. The van der Waals surface area contributed by atoms with Crippen molar-refractivity contribution in [3.05, 3.63) is 72.8 Å². The summed E-state index contributed by atoms with van der Waals surface area (Å²) >= 11 is 1.60. The van der Waals surface area contributed by atoms with Crippen molar-refractivity contribution in [1.82, 2.24) is 19.4 Å². The number of H-pyrrole nitrogens is 1. The van der Waals surface area contributed by atoms with Crippen LogP contribution in [0.25, 0.3) is 0 Å². The number of aryl methyl sites for hydroxylation is 1. The zero-order valence-electron chi connectivity index (χ0n) is 19.9. The maximum atomic E-state index is 13.5. The number of nitrogens with one attached hydrogen (secondary N) is 1. The van der Waals surface area contributed by atoms with Crippen molar-refractivity contribution >= 4 is 28.7 Å². The molecule has 0 bridgehead atoms. The van der Waals surface area contributed by atoms with Crippen LogP contribution in [-0.4, -0.2) is 38.9 Å². The van der Waals surface area contributed by atoms with E-state index < -0.39 is 11.2 Å². The Morgan fingerprint density at radius 3 is 2.56 bits per heavy atom. The molecular formula is C24H32N6O3S. The number of anilines is 2. The Labute approximate surface area is 202 Å². The molecule has 2 aromatic heterocycles. The quantitative estimate of drug-likeness (QED) is 0.432. The number of unbranched alkanes of at least 4 members (excludes halogenated alkanes) is 1. The van der Waals surface area contributed by atoms with Crippen LogP contribution in [0.4, 0.5) is 11.5 Å². The van der Waals surface area contributed by atoms with E-state index in [1.165, 1.54) is 9.47 Å². The van der Waals surface area contributed by atoms with Crippen LogP contribution in [0, 0.1) is 0 Å². The number of rotatable bonds is 11. The molecule has 0 spiro atoms. The van der Waals surface area contributed by atoms with Crippen molar-refractivity contribution in [2.75, 3.05) is 24.2 Å². The summed E-state index contributed by atoms with van der Waals surface area (Å²) in [6.07, 6.45) is 2.44. The number of thiazole rings is 1. The molecule has 0 aliphatic rings. The Morgan fingerprint density at radius 2 is 1.91 bits per heavy atom. The van der Waals surface area contributed by atoms with Gasteiger partial charge in [0.25, 0.3) is 5.56 Å². The highest BCUT2D eigenvalue weighted by atomic mass is 32.1. The summed E-state index contributed by atoms with van der Waals surface area (Å²) in [5, 5.41) is 3.04. The van der Waals surface area contributed by atoms with Gasteiger partial charge in [-0.05, 0) is 25.5 Å². The molecule has 0 aliphatic heterocycles. The fraction of sp³-hybridized carbons (Fsp3) is 0.417. The van der Waals surface area contributed by atoms with E-state index >= 15 is 0 Å². The third-order valence-electron chi connectivity index (χ3n) is 5.44. The van der Waals surface area contributed by atoms with Gasteiger partial charge in [-0.25, -0.2) is 9.78 Å². The van der Waals surface area contributed by atoms with Crippen LogP contribution in [0.2, 0.25) is 0 Å². The zero-order valence-corrected chi connectivity index (χ0v) is 20.7. The van der Waals surface area contributed by atoms with Crippen LogP contribution in [0.1, 0.15) is 43.0 Å². The third-order valence-corrected chi connectivity index (χ3v) is 6.48. The molecule has 3 N–H and O–H groups in total. The Hall–Kier alpha value is -3.24. The number of nitrogens with two attached hydrogens (primary N) is 1. The summed E-state index contributed by atoms with van der Waals surface area (Å²) in [5.74, 6) is -0.295. The van der Waals surface area contributed by atoms with Gasteiger partial charge < -0.3 is 5.73 Å². The number of nitrogen functional groups attached to an aromatic ring is 1. The fourth-order valence-electron chi connectivity index (χ4n) is 3.67. The van der Waals surface area contributed by atoms with Gasteiger partial charge >= 0.3 is 5.69 Å². The second kappa shape index (κ2) is 11.8. The summed E-state index contributed by atoms with van der Waals surface area (Å²) in [4.78, 5) is 48.9. The monoisotopic (exact) mass is 484 g/mol. The Bertz CT molecular complexity index is 1220. The van der Waals surface area contributed by atoms with E-state index in [-0.39, 0.29) is 30.5 Å². The second-order valence-corrected chi connectivity index (χ2v) is 9.16. The molecule has 0 saturated carbocycles. The lowest BCUT2D eigenvalue weighted by Crippen LogP contribution is -2.44. The number of nitrogens with zero attached hydrogens (tertiary/aromatic N) is 4. The average Bonchev–Trinajstić information content (AvgIpc) is 3.26. The minimum atomic E-state index is -0.672. The fourth-order valence-corrected chi connectivity index (χ4v) is 4.40. The Kier molecular flexibility index (Phi) is 8.78. The van der Waals surface area contributed by atoms with E-state index in [1.807, 2.05) is 54.6 Å². The standard InChI is InChI=1S/C24H32N6O3S/c1-4-6-12-29-22(25)21(23(32)27-24(29)33)30(13-17-10-8-7-9-11-17)20(31)15-28(3)14-18-16-34-19(5-2)26-18/h7-11,16H,4-6,12-15,25H2,1-3H3,(H,27,32,33). The van der Waals surface area contributed by atoms with Crippen molar-refractivity contribution in [2.24, 2.45) is 0 Å². The molecule has 0 aliphatic carbocycles. The van der Waals surface area contributed by atoms with Crippen molar-refractivity contribution in [3.8, 4) is 0 Å². The van der Waals surface area contributed by atoms with E-state index in [9.17, 15) is 14.4 Å². The lowest BCUT2D eigenvalue weighted by Gasteiger charge is -2.26. The first-order valence-electron chi connectivity index (χ1n) is 11.4. The van der Waals surface area contributed by atoms with Crippen LogP contribution in [0.15, 0.2) is 45.3 Å². The highest BCUT2D eigenvalue weighted by molar-refractivity contribution is 7.09. The summed E-state index contributed by atoms with van der Waals surface area (Å²) in [5.41, 5.74) is 6.82. The van der Waals surface area contributed by atoms with Crippen molar-refractivity contribution < 1.29 is 4.79 Å². The predicted octanol–water partition coefficient (Wildman–Crippen LogP) is 2.60. The van der Waals surface area contributed by atoms with Gasteiger partial charge in [-0.2, -0.15) is 0 Å². The first kappa shape index (κ1) is 25.4. The maximum absolute atomic E-state index is 13.5. The highest BCUT2D eigenvalue weighted by Crippen LogP contribution is 2.21. The van der Waals surface area contributed by atoms with Gasteiger partial charge in [0.2, 0.25) is 5.91 Å². The summed E-state index contributed by atoms with van der Waals surface area (Å²) in [7, 11) is 1.83. The number of hydrogen-bond donors (Lipinski definition) is 2. The molecule has 182 valence electrons. The lowest BCUT2D eigenvalue weighted by atomic mass is 10.2. The molecule has 3 aromatic rings. The molecule has 0 fully saturated rings. The van der Waals surface area contributed by atoms with Crippen LogP contribution in [-0.2, 0) is 30.8 Å². The molecule has 1 amide bonds. The third kappa shape index (κ3) is 6.21. The minimum absolute atomic E-state index is 0.000108. The number of carbonyl (C=O) groups excluding carboxylic acids is 1. The van der Waals surface area contributed by atoms with Crippen LogP contribution in [0.5, 0.6) is 0 Å². The average molecular weight is 485 g/mol. The van der Waals surface area contributed by atoms with Gasteiger partial charge in [-0.15, -0.1) is 11.3 Å². The smallest absolute Gasteiger partial charge is 0.330 e. The van der Waals surface area contributed by atoms with Crippen molar-refractivity contribution in [1.29, 1.82) is 0 Å². The number of amides is 1. The molecule has 0 unspecified atom stereocenters. The topological polar surface area (TPSA) is 117 Å². The second-order valence-electron chi connectivity index (χ2n) is 8.22. The Balaban J connectivity index is 1.93. The summed E-state index contributed by atoms with van der Waals surface area (Å²) < 4.78 is 1.33. The normalized spacial score (nSPS) is 11.2. The predicted molar refractivity (Wildman–Crippen MR) is 136 cm³/mol. The first-order valence-corrected chi connectivity index (χ1v) is 12.3. The molecule has 1 aromatic carbocycles. The minimum Gasteiger partial charge on any atom is -0.383 e. The SMILES string of the molecule is CCCCn1c(N)c(N(Cc2ccccc2)C(=O)CN(C)Cc2csc(CC)n2)c(=O)[nH]c1=O. The van der Waals surface area contributed by atoms with Gasteiger partial charge in [-0.3, -0.25) is 28.9 Å². The largest absolute Gasteiger partial charge is 0.383 e. The van der Waals surface area contributed by atoms with E-state index in [0.717, 1.165) is 35.5 Å². The van der Waals surface area contributed by atoms with Crippen LogP contribution in [0.3, 0.4) is 0 Å². The van der Waals surface area contributed by atoms with E-state index in [1.54, 1.807) is 11.3 Å². The maximum Gasteiger partial charge on any atom is 0.330 e. The molecule has 2 heterocycles. The van der Waals surface area contributed by atoms with E-state index in [2.05, 4.69) is 16.9 Å². The first-order chi connectivity index (χ1) is 16.3. The molecule has 10 heteroatoms. The Morgan fingerprint density at radius 1 is 1.18 bits per heavy atom. The molecule has 0 radical (unpaired) electrons. The van der Waals surface area contributed by atoms with E-state index in [0.29, 0.717) is 13.1 Å². The van der Waals surface area contributed by atoms with Crippen LogP contribution >= 0.6 is 11.3 Å². The number of carbonyl (C=O) groups is 1. The van der Waals surface area contributed by atoms with Gasteiger partial charge in [0.1, 0.15) is 5.82 Å². The van der Waals surface area contributed by atoms with Gasteiger partial charge in [0.15, 0.2) is 5.69 Å². The number of aromatic nitrogens is 3. The van der Waals surface area contributed by atoms with Crippen molar-refractivity contribution in [3.63, 3.8) is 0 Å². The molecule has 0 atom stereocenters. The van der Waals surface area contributed by atoms with E-state index in [4.69, 9.17) is 5.73 Å². The summed E-state index contributed by atoms with van der Waals surface area (Å²) in [6.45, 7) is 5.13. The lowest BCUT2D eigenvalue weighted by molar-refractivity contribution is -0.119. The molecule has 9 nitrogen and oxygen atoms in total. The number of benzene rings is 1. The van der Waals surface area contributed by atoms with Gasteiger partial charge in [-0.1, -0.05) is 50.6 Å². The van der Waals surface area contributed by atoms with Gasteiger partial charge in [0.05, 0.1) is 23.8 Å². The molecule has 0 saturated heterocycles. The molecule has 3 rings (SSSR count). The summed E-state index contributed by atoms with van der Waals surface area (Å²) in [6, 6.07) is 9.38. The van der Waals surface area contributed by atoms with Gasteiger partial charge in [0, 0.05) is 18.5 Å². The molecular weight excluding hydrogens is 452 g/mol. The van der Waals surface area contributed by atoms with Crippen molar-refractivity contribution in [2.45, 2.75) is 52.7 Å². The van der Waals surface area contributed by atoms with Crippen LogP contribution < -0.4 is 21.9 Å². The number of likely N-dealkylation sites (N-methyl/N-ethyl adjacent to an activating group) is 1. The highest BCUT2D eigenvalue weighted by Gasteiger charge is 2.25. The molecule has 34 heavy (non-hydrogen) atoms.